The molecule has 2 amide bonds. The molecule has 4 heterocycles. The molecule has 2 aliphatic heterocycles. The Labute approximate surface area is 267 Å². The fourth-order valence-electron chi connectivity index (χ4n) is 7.33. The second-order valence-corrected chi connectivity index (χ2v) is 13.1. The first-order chi connectivity index (χ1) is 22.3. The molecule has 0 unspecified atom stereocenters. The first-order valence-corrected chi connectivity index (χ1v) is 16.2. The summed E-state index contributed by atoms with van der Waals surface area (Å²) >= 11 is 0. The molecule has 4 aromatic rings. The second kappa shape index (κ2) is 11.3. The highest BCUT2D eigenvalue weighted by atomic mass is 19.1. The van der Waals surface area contributed by atoms with Crippen molar-refractivity contribution in [2.45, 2.75) is 75.2 Å². The predicted molar refractivity (Wildman–Crippen MR) is 173 cm³/mol. The summed E-state index contributed by atoms with van der Waals surface area (Å²) in [5.74, 6) is 0.430. The molecule has 9 nitrogen and oxygen atoms in total. The second-order valence-electron chi connectivity index (χ2n) is 13.1. The van der Waals surface area contributed by atoms with E-state index in [1.54, 1.807) is 6.20 Å². The molecule has 2 aromatic carbocycles. The summed E-state index contributed by atoms with van der Waals surface area (Å²) in [5.41, 5.74) is 3.86. The van der Waals surface area contributed by atoms with Gasteiger partial charge in [-0.1, -0.05) is 18.2 Å². The number of aromatic nitrogens is 3. The van der Waals surface area contributed by atoms with Crippen molar-refractivity contribution in [2.24, 2.45) is 0 Å². The SMILES string of the molecule is Cc1nccn1-c1ccc(NC(=O)[C@@H](NC(=O)C2(F)CC2)[C@@H]2CCCc3ccc(-c4ccnc(N5C[C@@H]6C[C@H]5CO6)c4)cc32)cc1. The number of halogens is 1. The van der Waals surface area contributed by atoms with Crippen molar-refractivity contribution < 1.29 is 18.7 Å². The van der Waals surface area contributed by atoms with Gasteiger partial charge in [-0.2, -0.15) is 0 Å². The number of ether oxygens (including phenoxy) is 1. The van der Waals surface area contributed by atoms with Gasteiger partial charge in [-0.05, 0) is 104 Å². The van der Waals surface area contributed by atoms with E-state index in [1.165, 1.54) is 0 Å². The molecule has 3 fully saturated rings. The summed E-state index contributed by atoms with van der Waals surface area (Å²) in [4.78, 5) is 38.4. The number of morpholine rings is 1. The number of amides is 2. The molecule has 1 saturated carbocycles. The van der Waals surface area contributed by atoms with Crippen molar-refractivity contribution in [3.8, 4) is 16.8 Å². The number of anilines is 2. The molecular formula is C36H37FN6O3. The molecule has 2 aliphatic carbocycles. The number of aryl methyl sites for hydroxylation is 2. The lowest BCUT2D eigenvalue weighted by Gasteiger charge is -2.33. The molecule has 10 heteroatoms. The minimum Gasteiger partial charge on any atom is -0.374 e. The van der Waals surface area contributed by atoms with E-state index >= 15 is 0 Å². The van der Waals surface area contributed by atoms with Crippen LogP contribution in [-0.4, -0.2) is 63.4 Å². The Hall–Kier alpha value is -4.57. The van der Waals surface area contributed by atoms with Crippen molar-refractivity contribution in [3.63, 3.8) is 0 Å². The number of carbonyl (C=O) groups is 2. The zero-order valence-corrected chi connectivity index (χ0v) is 25.8. The highest BCUT2D eigenvalue weighted by Crippen LogP contribution is 2.42. The van der Waals surface area contributed by atoms with E-state index < -0.39 is 17.6 Å². The first-order valence-electron chi connectivity index (χ1n) is 16.2. The quantitative estimate of drug-likeness (QED) is 0.279. The van der Waals surface area contributed by atoms with E-state index in [0.29, 0.717) is 18.2 Å². The van der Waals surface area contributed by atoms with E-state index in [9.17, 15) is 14.0 Å². The third-order valence-corrected chi connectivity index (χ3v) is 10.1. The molecule has 2 aromatic heterocycles. The van der Waals surface area contributed by atoms with Crippen LogP contribution in [0.2, 0.25) is 0 Å². The maximum Gasteiger partial charge on any atom is 0.258 e. The highest BCUT2D eigenvalue weighted by molar-refractivity contribution is 6.00. The molecule has 0 spiro atoms. The third-order valence-electron chi connectivity index (χ3n) is 10.1. The Bertz CT molecular complexity index is 1800. The Morgan fingerprint density at radius 3 is 2.59 bits per heavy atom. The van der Waals surface area contributed by atoms with E-state index in [4.69, 9.17) is 4.74 Å². The minimum atomic E-state index is -1.89. The number of hydrogen-bond acceptors (Lipinski definition) is 6. The zero-order valence-electron chi connectivity index (χ0n) is 25.8. The number of rotatable bonds is 8. The van der Waals surface area contributed by atoms with Gasteiger partial charge < -0.3 is 24.8 Å². The smallest absolute Gasteiger partial charge is 0.258 e. The number of benzene rings is 2. The zero-order chi connectivity index (χ0) is 31.4. The summed E-state index contributed by atoms with van der Waals surface area (Å²) in [7, 11) is 0. The molecule has 8 rings (SSSR count). The van der Waals surface area contributed by atoms with Gasteiger partial charge in [-0.3, -0.25) is 9.59 Å². The van der Waals surface area contributed by atoms with Crippen molar-refractivity contribution in [1.29, 1.82) is 0 Å². The first kappa shape index (κ1) is 28.9. The Morgan fingerprint density at radius 2 is 1.87 bits per heavy atom. The number of hydrogen-bond donors (Lipinski definition) is 2. The predicted octanol–water partition coefficient (Wildman–Crippen LogP) is 5.27. The molecule has 0 radical (unpaired) electrons. The van der Waals surface area contributed by atoms with Gasteiger partial charge in [-0.15, -0.1) is 0 Å². The number of carbonyl (C=O) groups excluding carboxylic acids is 2. The maximum atomic E-state index is 15.0. The number of pyridine rings is 1. The summed E-state index contributed by atoms with van der Waals surface area (Å²) in [6.07, 6.45) is 9.60. The summed E-state index contributed by atoms with van der Waals surface area (Å²) in [5, 5.41) is 5.85. The lowest BCUT2D eigenvalue weighted by Crippen LogP contribution is -2.51. The number of imidazole rings is 1. The van der Waals surface area contributed by atoms with Crippen molar-refractivity contribution in [2.75, 3.05) is 23.4 Å². The molecule has 2 saturated heterocycles. The largest absolute Gasteiger partial charge is 0.374 e. The molecule has 2 bridgehead atoms. The Morgan fingerprint density at radius 1 is 1.04 bits per heavy atom. The fourth-order valence-corrected chi connectivity index (χ4v) is 7.33. The topological polar surface area (TPSA) is 101 Å². The number of nitrogens with zero attached hydrogens (tertiary/aromatic N) is 4. The van der Waals surface area contributed by atoms with Gasteiger partial charge in [0.05, 0.1) is 18.8 Å². The number of alkyl halides is 1. The van der Waals surface area contributed by atoms with Gasteiger partial charge in [-0.25, -0.2) is 14.4 Å². The van der Waals surface area contributed by atoms with Gasteiger partial charge in [0.1, 0.15) is 17.7 Å². The van der Waals surface area contributed by atoms with Crippen LogP contribution < -0.4 is 15.5 Å². The molecular weight excluding hydrogens is 583 g/mol. The highest BCUT2D eigenvalue weighted by Gasteiger charge is 2.52. The van der Waals surface area contributed by atoms with Crippen LogP contribution in [0.3, 0.4) is 0 Å². The van der Waals surface area contributed by atoms with Crippen molar-refractivity contribution >= 4 is 23.3 Å². The average Bonchev–Trinajstić information content (AvgIpc) is 3.40. The fraction of sp³-hybridized carbons (Fsp3) is 0.389. The van der Waals surface area contributed by atoms with Crippen LogP contribution in [0.1, 0.15) is 55.0 Å². The summed E-state index contributed by atoms with van der Waals surface area (Å²) in [6, 6.07) is 17.4. The van der Waals surface area contributed by atoms with Crippen LogP contribution in [0, 0.1) is 6.92 Å². The monoisotopic (exact) mass is 620 g/mol. The minimum absolute atomic E-state index is 0.183. The van der Waals surface area contributed by atoms with Gasteiger partial charge in [0, 0.05) is 42.4 Å². The standard InChI is InChI=1S/C36H37FN6O3/c1-22-38-15-16-42(22)27-9-7-26(8-10-27)40-34(44)33(41-35(45)36(37)12-13-36)30-4-2-3-23-5-6-24(17-31(23)30)25-11-14-39-32(18-25)43-20-29-19-28(43)21-46-29/h5-11,14-18,28-30,33H,2-4,12-13,19-21H2,1H3,(H,40,44)(H,41,45)/t28-,29-,30+,33-/m0/s1. The Kier molecular flexibility index (Phi) is 7.12. The van der Waals surface area contributed by atoms with Gasteiger partial charge in [0.25, 0.3) is 5.91 Å². The van der Waals surface area contributed by atoms with E-state index in [0.717, 1.165) is 72.0 Å². The van der Waals surface area contributed by atoms with Gasteiger partial charge >= 0.3 is 0 Å². The van der Waals surface area contributed by atoms with Crippen LogP contribution in [0.4, 0.5) is 15.9 Å². The van der Waals surface area contributed by atoms with Gasteiger partial charge in [0.2, 0.25) is 5.91 Å². The molecule has 236 valence electrons. The molecule has 46 heavy (non-hydrogen) atoms. The molecule has 2 N–H and O–H groups in total. The summed E-state index contributed by atoms with van der Waals surface area (Å²) < 4.78 is 22.7. The number of fused-ring (bicyclic) bond motifs is 3. The lowest BCUT2D eigenvalue weighted by molar-refractivity contribution is -0.131. The van der Waals surface area contributed by atoms with Crippen molar-refractivity contribution in [3.05, 3.63) is 90.1 Å². The number of nitrogens with one attached hydrogen (secondary N) is 2. The van der Waals surface area contributed by atoms with Crippen LogP contribution in [0.15, 0.2) is 73.2 Å². The summed E-state index contributed by atoms with van der Waals surface area (Å²) in [6.45, 7) is 3.51. The van der Waals surface area contributed by atoms with E-state index in [2.05, 4.69) is 49.8 Å². The Balaban J connectivity index is 1.08. The van der Waals surface area contributed by atoms with Crippen LogP contribution in [0.25, 0.3) is 16.8 Å². The van der Waals surface area contributed by atoms with E-state index in [1.807, 2.05) is 54.2 Å². The van der Waals surface area contributed by atoms with Crippen LogP contribution in [0.5, 0.6) is 0 Å². The van der Waals surface area contributed by atoms with Crippen LogP contribution >= 0.6 is 0 Å². The third kappa shape index (κ3) is 5.34. The maximum absolute atomic E-state index is 15.0. The molecule has 4 atom stereocenters. The molecule has 4 aliphatic rings. The van der Waals surface area contributed by atoms with Crippen LogP contribution in [-0.2, 0) is 20.7 Å². The van der Waals surface area contributed by atoms with Gasteiger partial charge in [0.15, 0.2) is 5.67 Å². The average molecular weight is 621 g/mol. The van der Waals surface area contributed by atoms with Crippen molar-refractivity contribution in [1.82, 2.24) is 19.9 Å². The lowest BCUT2D eigenvalue weighted by atomic mass is 9.77. The normalized spacial score (nSPS) is 23.1. The van der Waals surface area contributed by atoms with E-state index in [-0.39, 0.29) is 30.8 Å².